The number of fused-ring (bicyclic) bond motifs is 1. The Kier molecular flexibility index (Phi) is 22.5. The van der Waals surface area contributed by atoms with Crippen LogP contribution in [0, 0.1) is 17.8 Å². The Morgan fingerprint density at radius 1 is 0.725 bits per heavy atom. The molecule has 14 heteroatoms. The number of hydrazone groups is 1. The van der Waals surface area contributed by atoms with Gasteiger partial charge in [0, 0.05) is 24.3 Å². The summed E-state index contributed by atoms with van der Waals surface area (Å²) < 4.78 is 40.3. The SMILES string of the molecule is C=CC(=O)OCCCCCCN(/N=C/c1cc(C2CCC(CCC)CC2)ccc1OCC1CCC(C(=O)Oc2ccc(OCCOCCOCCOC(=O)C=C)cc2)CC1)c1nc2ccccc2s1. The van der Waals surface area contributed by atoms with E-state index in [4.69, 9.17) is 43.2 Å². The van der Waals surface area contributed by atoms with E-state index >= 15 is 0 Å². The number of hydrogen-bond donors (Lipinski definition) is 0. The van der Waals surface area contributed by atoms with Gasteiger partial charge in [0.1, 0.15) is 30.5 Å². The van der Waals surface area contributed by atoms with Crippen molar-refractivity contribution in [1.29, 1.82) is 0 Å². The van der Waals surface area contributed by atoms with E-state index in [0.717, 1.165) is 90.0 Å². The maximum absolute atomic E-state index is 13.3. The molecule has 0 amide bonds. The third-order valence-electron chi connectivity index (χ3n) is 12.8. The van der Waals surface area contributed by atoms with Crippen molar-refractivity contribution in [3.05, 3.63) is 103 Å². The Labute approximate surface area is 412 Å². The number of rotatable bonds is 30. The minimum Gasteiger partial charge on any atom is -0.493 e. The van der Waals surface area contributed by atoms with Gasteiger partial charge >= 0.3 is 17.9 Å². The normalized spacial score (nSPS) is 18.1. The van der Waals surface area contributed by atoms with Crippen molar-refractivity contribution in [2.75, 3.05) is 64.4 Å². The van der Waals surface area contributed by atoms with Crippen molar-refractivity contribution >= 4 is 50.8 Å². The first-order chi connectivity index (χ1) is 33.8. The molecule has 3 aromatic carbocycles. The van der Waals surface area contributed by atoms with E-state index < -0.39 is 5.97 Å². The van der Waals surface area contributed by atoms with Crippen LogP contribution in [-0.4, -0.2) is 88.5 Å². The minimum absolute atomic E-state index is 0.168. The molecule has 2 fully saturated rings. The zero-order valence-electron chi connectivity index (χ0n) is 40.4. The van der Waals surface area contributed by atoms with E-state index in [1.54, 1.807) is 35.6 Å². The Morgan fingerprint density at radius 2 is 1.39 bits per heavy atom. The minimum atomic E-state index is -0.475. The Morgan fingerprint density at radius 3 is 2.12 bits per heavy atom. The smallest absolute Gasteiger partial charge is 0.330 e. The molecule has 4 aromatic rings. The van der Waals surface area contributed by atoms with Gasteiger partial charge < -0.3 is 33.2 Å². The Balaban J connectivity index is 0.999. The largest absolute Gasteiger partial charge is 0.493 e. The lowest BCUT2D eigenvalue weighted by molar-refractivity contribution is -0.140. The lowest BCUT2D eigenvalue weighted by atomic mass is 9.77. The van der Waals surface area contributed by atoms with Crippen LogP contribution in [-0.2, 0) is 33.3 Å². The zero-order valence-corrected chi connectivity index (χ0v) is 41.2. The van der Waals surface area contributed by atoms with Crippen LogP contribution in [0.3, 0.4) is 0 Å². The third-order valence-corrected chi connectivity index (χ3v) is 13.8. The molecule has 0 aliphatic heterocycles. The highest BCUT2D eigenvalue weighted by molar-refractivity contribution is 7.22. The molecule has 13 nitrogen and oxygen atoms in total. The second kappa shape index (κ2) is 29.5. The highest BCUT2D eigenvalue weighted by Gasteiger charge is 2.29. The van der Waals surface area contributed by atoms with Crippen LogP contribution in [0.2, 0.25) is 0 Å². The van der Waals surface area contributed by atoms with Crippen LogP contribution in [0.1, 0.15) is 114 Å². The number of carbonyl (C=O) groups excluding carboxylic acids is 3. The molecule has 0 unspecified atom stereocenters. The molecule has 372 valence electrons. The van der Waals surface area contributed by atoms with E-state index in [9.17, 15) is 14.4 Å². The summed E-state index contributed by atoms with van der Waals surface area (Å²) in [5.41, 5.74) is 3.26. The van der Waals surface area contributed by atoms with E-state index in [1.807, 2.05) is 29.4 Å². The summed E-state index contributed by atoms with van der Waals surface area (Å²) in [4.78, 5) is 40.7. The van der Waals surface area contributed by atoms with Crippen molar-refractivity contribution in [2.45, 2.75) is 103 Å². The molecular weight excluding hydrogens is 895 g/mol. The number of nitrogens with zero attached hydrogens (tertiary/aromatic N) is 3. The fourth-order valence-electron chi connectivity index (χ4n) is 8.88. The van der Waals surface area contributed by atoms with Crippen LogP contribution >= 0.6 is 11.3 Å². The fraction of sp³-hybridized carbons (Fsp3) is 0.509. The van der Waals surface area contributed by atoms with Crippen LogP contribution < -0.4 is 19.2 Å². The molecule has 6 rings (SSSR count). The summed E-state index contributed by atoms with van der Waals surface area (Å²) in [6, 6.07) is 21.9. The Bertz CT molecular complexity index is 2200. The highest BCUT2D eigenvalue weighted by Crippen LogP contribution is 2.39. The summed E-state index contributed by atoms with van der Waals surface area (Å²) in [7, 11) is 0. The summed E-state index contributed by atoms with van der Waals surface area (Å²) >= 11 is 1.64. The van der Waals surface area contributed by atoms with Crippen LogP contribution in [0.25, 0.3) is 10.2 Å². The van der Waals surface area contributed by atoms with Gasteiger partial charge in [-0.1, -0.05) is 68.9 Å². The van der Waals surface area contributed by atoms with E-state index in [2.05, 4.69) is 44.3 Å². The molecule has 0 radical (unpaired) electrons. The van der Waals surface area contributed by atoms with Gasteiger partial charge in [-0.15, -0.1) is 0 Å². The highest BCUT2D eigenvalue weighted by atomic mass is 32.1. The number of ether oxygens (including phenoxy) is 7. The molecule has 69 heavy (non-hydrogen) atoms. The molecule has 2 aliphatic rings. The van der Waals surface area contributed by atoms with E-state index in [0.29, 0.717) is 69.5 Å². The van der Waals surface area contributed by atoms with Gasteiger partial charge in [-0.25, -0.2) is 19.6 Å². The number of anilines is 1. The number of benzene rings is 3. The van der Waals surface area contributed by atoms with Gasteiger partial charge in [0.25, 0.3) is 0 Å². The van der Waals surface area contributed by atoms with Gasteiger partial charge in [0.15, 0.2) is 0 Å². The monoisotopic (exact) mass is 965 g/mol. The maximum Gasteiger partial charge on any atom is 0.330 e. The number of esters is 3. The molecule has 0 saturated heterocycles. The lowest BCUT2D eigenvalue weighted by Crippen LogP contribution is -2.27. The predicted molar refractivity (Wildman–Crippen MR) is 272 cm³/mol. The standard InChI is InChI=1S/C55H71N3O10S/c1-4-13-41-16-20-43(21-17-41)45-24-29-50(46(38-45)39-56-58(30-11-7-8-12-31-65-52(59)5-2)55-57-49-14-9-10-15-51(49)69-55)67-40-42-18-22-44(23-19-42)54(61)68-48-27-25-47(26-28-48)64-36-34-62-32-33-63-35-37-66-53(60)6-3/h5-6,9-10,14-15,24-29,38-39,41-44H,2-4,7-8,11-13,16-23,30-37,40H2,1H3/b56-39+. The van der Waals surface area contributed by atoms with Crippen LogP contribution in [0.15, 0.2) is 97.1 Å². The number of para-hydroxylation sites is 1. The van der Waals surface area contributed by atoms with E-state index in [1.165, 1.54) is 50.2 Å². The van der Waals surface area contributed by atoms with Crippen molar-refractivity contribution in [1.82, 2.24) is 4.98 Å². The first-order valence-corrected chi connectivity index (χ1v) is 25.8. The number of carbonyl (C=O) groups is 3. The molecule has 0 N–H and O–H groups in total. The number of hydrogen-bond acceptors (Lipinski definition) is 14. The number of aromatic nitrogens is 1. The summed E-state index contributed by atoms with van der Waals surface area (Å²) in [5, 5.41) is 8.00. The molecule has 2 saturated carbocycles. The van der Waals surface area contributed by atoms with Crippen LogP contribution in [0.4, 0.5) is 5.13 Å². The molecule has 0 atom stereocenters. The van der Waals surface area contributed by atoms with Gasteiger partial charge in [0.05, 0.1) is 62.0 Å². The van der Waals surface area contributed by atoms with E-state index in [-0.39, 0.29) is 31.1 Å². The van der Waals surface area contributed by atoms with Crippen molar-refractivity contribution in [3.8, 4) is 17.2 Å². The molecule has 1 aromatic heterocycles. The summed E-state index contributed by atoms with van der Waals surface area (Å²) in [6.45, 7) is 12.7. The number of thiazole rings is 1. The molecular formula is C55H71N3O10S. The average molecular weight is 966 g/mol. The molecule has 2 aliphatic carbocycles. The summed E-state index contributed by atoms with van der Waals surface area (Å²) in [5.74, 6) is 2.38. The Hall–Kier alpha value is -5.57. The van der Waals surface area contributed by atoms with Crippen LogP contribution in [0.5, 0.6) is 17.2 Å². The quantitative estimate of drug-likeness (QED) is 0.0122. The third kappa shape index (κ3) is 18.0. The average Bonchev–Trinajstić information content (AvgIpc) is 3.82. The first kappa shape index (κ1) is 52.8. The van der Waals surface area contributed by atoms with Crippen molar-refractivity contribution in [2.24, 2.45) is 22.9 Å². The van der Waals surface area contributed by atoms with Gasteiger partial charge in [-0.2, -0.15) is 5.10 Å². The fourth-order valence-corrected chi connectivity index (χ4v) is 9.83. The number of unbranched alkanes of at least 4 members (excludes halogenated alkanes) is 3. The summed E-state index contributed by atoms with van der Waals surface area (Å²) in [6.07, 6.45) is 18.6. The molecule has 0 bridgehead atoms. The second-order valence-electron chi connectivity index (χ2n) is 17.8. The van der Waals surface area contributed by atoms with Crippen molar-refractivity contribution in [3.63, 3.8) is 0 Å². The van der Waals surface area contributed by atoms with Gasteiger partial charge in [-0.05, 0) is 142 Å². The second-order valence-corrected chi connectivity index (χ2v) is 18.8. The topological polar surface area (TPSA) is 144 Å². The van der Waals surface area contributed by atoms with Gasteiger partial charge in [0.2, 0.25) is 5.13 Å². The molecule has 0 spiro atoms. The van der Waals surface area contributed by atoms with Gasteiger partial charge in [-0.3, -0.25) is 4.79 Å². The van der Waals surface area contributed by atoms with Crippen molar-refractivity contribution < 1.29 is 47.5 Å². The maximum atomic E-state index is 13.3. The zero-order chi connectivity index (χ0) is 48.5. The lowest BCUT2D eigenvalue weighted by Gasteiger charge is -2.29. The first-order valence-electron chi connectivity index (χ1n) is 24.9. The molecule has 1 heterocycles. The predicted octanol–water partition coefficient (Wildman–Crippen LogP) is 11.4.